The van der Waals surface area contributed by atoms with Crippen LogP contribution in [0.25, 0.3) is 0 Å². The molecule has 1 heteroatoms. The summed E-state index contributed by atoms with van der Waals surface area (Å²) in [7, 11) is 0. The van der Waals surface area contributed by atoms with Gasteiger partial charge in [-0.1, -0.05) is 88.6 Å². The minimum Gasteiger partial charge on any atom is -0.465 e. The van der Waals surface area contributed by atoms with Crippen molar-refractivity contribution in [3.8, 4) is 5.75 Å². The van der Waals surface area contributed by atoms with Gasteiger partial charge in [-0.3, -0.25) is 0 Å². The lowest BCUT2D eigenvalue weighted by molar-refractivity contribution is 0.481. The average Bonchev–Trinajstić information content (AvgIpc) is 2.56. The largest absolute Gasteiger partial charge is 0.465 e. The van der Waals surface area contributed by atoms with Gasteiger partial charge in [-0.25, -0.2) is 0 Å². The van der Waals surface area contributed by atoms with E-state index >= 15 is 0 Å². The second-order valence-corrected chi connectivity index (χ2v) is 5.80. The number of ether oxygens (including phenoxy) is 1. The van der Waals surface area contributed by atoms with Crippen molar-refractivity contribution < 1.29 is 4.74 Å². The monoisotopic (exact) mass is 300 g/mol. The number of benzene rings is 1. The summed E-state index contributed by atoms with van der Waals surface area (Å²) in [5, 5.41) is 0. The summed E-state index contributed by atoms with van der Waals surface area (Å²) in [6, 6.07) is 9.85. The van der Waals surface area contributed by atoms with Gasteiger partial charge in [0.25, 0.3) is 0 Å². The molecule has 0 atom stereocenters. The third-order valence-corrected chi connectivity index (χ3v) is 3.75. The Balaban J connectivity index is 1.88. The Hall–Kier alpha value is -1.50. The van der Waals surface area contributed by atoms with Gasteiger partial charge in [0, 0.05) is 0 Å². The summed E-state index contributed by atoms with van der Waals surface area (Å²) < 4.78 is 5.47. The minimum atomic E-state index is 0.881. The van der Waals surface area contributed by atoms with Gasteiger partial charge >= 0.3 is 0 Å². The molecule has 0 aliphatic rings. The third-order valence-electron chi connectivity index (χ3n) is 3.75. The number of rotatable bonds is 13. The molecule has 0 saturated carbocycles. The molecule has 0 saturated heterocycles. The van der Waals surface area contributed by atoms with Crippen LogP contribution in [0.3, 0.4) is 0 Å². The van der Waals surface area contributed by atoms with Gasteiger partial charge in [0.05, 0.1) is 6.26 Å². The molecular weight excluding hydrogens is 268 g/mol. The Bertz CT molecular complexity index is 392. The van der Waals surface area contributed by atoms with Crippen LogP contribution in [-0.4, -0.2) is 0 Å². The van der Waals surface area contributed by atoms with Crippen molar-refractivity contribution in [2.45, 2.75) is 71.1 Å². The standard InChI is InChI=1S/C21H32O/c1-2-3-4-5-6-7-8-9-10-11-12-13-17-20-22-21-18-15-14-16-19-21/h12-20H,2-11H2,1H3. The fourth-order valence-corrected chi connectivity index (χ4v) is 2.41. The van der Waals surface area contributed by atoms with Crippen molar-refractivity contribution in [1.29, 1.82) is 0 Å². The van der Waals surface area contributed by atoms with E-state index in [4.69, 9.17) is 4.74 Å². The van der Waals surface area contributed by atoms with E-state index in [0.717, 1.165) is 5.75 Å². The first-order valence-electron chi connectivity index (χ1n) is 8.97. The first-order chi connectivity index (χ1) is 10.9. The lowest BCUT2D eigenvalue weighted by atomic mass is 10.1. The lowest BCUT2D eigenvalue weighted by Gasteiger charge is -2.00. The highest BCUT2D eigenvalue weighted by molar-refractivity contribution is 5.22. The number of allylic oxidation sites excluding steroid dienone is 3. The molecule has 0 fully saturated rings. The number of hydrogen-bond acceptors (Lipinski definition) is 1. The Morgan fingerprint density at radius 3 is 2.09 bits per heavy atom. The van der Waals surface area contributed by atoms with E-state index in [0.29, 0.717) is 0 Å². The molecule has 0 heterocycles. The Kier molecular flexibility index (Phi) is 12.2. The molecule has 0 spiro atoms. The zero-order valence-electron chi connectivity index (χ0n) is 14.2. The maximum absolute atomic E-state index is 5.47. The number of hydrogen-bond donors (Lipinski definition) is 0. The van der Waals surface area contributed by atoms with Crippen molar-refractivity contribution >= 4 is 0 Å². The van der Waals surface area contributed by atoms with Gasteiger partial charge in [0.15, 0.2) is 0 Å². The van der Waals surface area contributed by atoms with Gasteiger partial charge in [0.1, 0.15) is 5.75 Å². The zero-order valence-corrected chi connectivity index (χ0v) is 14.2. The molecule has 0 unspecified atom stereocenters. The van der Waals surface area contributed by atoms with E-state index in [-0.39, 0.29) is 0 Å². The van der Waals surface area contributed by atoms with E-state index in [1.165, 1.54) is 64.2 Å². The average molecular weight is 300 g/mol. The molecule has 0 radical (unpaired) electrons. The molecule has 1 aromatic carbocycles. The van der Waals surface area contributed by atoms with E-state index in [1.807, 2.05) is 36.4 Å². The third kappa shape index (κ3) is 11.2. The zero-order chi connectivity index (χ0) is 15.7. The molecule has 22 heavy (non-hydrogen) atoms. The molecule has 1 aromatic rings. The van der Waals surface area contributed by atoms with Crippen LogP contribution in [0, 0.1) is 0 Å². The molecule has 1 rings (SSSR count). The summed E-state index contributed by atoms with van der Waals surface area (Å²) in [5.74, 6) is 0.881. The van der Waals surface area contributed by atoms with Crippen molar-refractivity contribution in [3.63, 3.8) is 0 Å². The van der Waals surface area contributed by atoms with Crippen LogP contribution in [0.4, 0.5) is 0 Å². The predicted molar refractivity (Wildman–Crippen MR) is 97.2 cm³/mol. The molecule has 1 nitrogen and oxygen atoms in total. The summed E-state index contributed by atoms with van der Waals surface area (Å²) in [5.41, 5.74) is 0. The molecule has 122 valence electrons. The molecule has 0 aliphatic carbocycles. The fourth-order valence-electron chi connectivity index (χ4n) is 2.41. The highest BCUT2D eigenvalue weighted by Gasteiger charge is 1.91. The van der Waals surface area contributed by atoms with Crippen LogP contribution in [0.1, 0.15) is 71.1 Å². The maximum atomic E-state index is 5.47. The Labute approximate surface area is 137 Å². The first kappa shape index (κ1) is 18.5. The van der Waals surface area contributed by atoms with Crippen molar-refractivity contribution in [2.75, 3.05) is 0 Å². The van der Waals surface area contributed by atoms with Crippen LogP contribution in [-0.2, 0) is 0 Å². The SMILES string of the molecule is CCCCCCCCCCCC=CC=COc1ccccc1. The van der Waals surface area contributed by atoms with Crippen LogP contribution in [0.15, 0.2) is 54.8 Å². The van der Waals surface area contributed by atoms with Crippen LogP contribution in [0.5, 0.6) is 5.75 Å². The second-order valence-electron chi connectivity index (χ2n) is 5.80. The van der Waals surface area contributed by atoms with Gasteiger partial charge in [0.2, 0.25) is 0 Å². The van der Waals surface area contributed by atoms with E-state index in [1.54, 1.807) is 6.26 Å². The van der Waals surface area contributed by atoms with Crippen LogP contribution < -0.4 is 4.74 Å². The Morgan fingerprint density at radius 1 is 0.773 bits per heavy atom. The second kappa shape index (κ2) is 14.4. The quantitative estimate of drug-likeness (QED) is 0.215. The van der Waals surface area contributed by atoms with Gasteiger partial charge in [-0.2, -0.15) is 0 Å². The van der Waals surface area contributed by atoms with Gasteiger partial charge in [-0.15, -0.1) is 0 Å². The molecular formula is C21H32O. The van der Waals surface area contributed by atoms with E-state index in [2.05, 4.69) is 19.1 Å². The highest BCUT2D eigenvalue weighted by atomic mass is 16.5. The highest BCUT2D eigenvalue weighted by Crippen LogP contribution is 2.11. The summed E-state index contributed by atoms with van der Waals surface area (Å²) in [6.07, 6.45) is 21.7. The summed E-state index contributed by atoms with van der Waals surface area (Å²) in [6.45, 7) is 2.27. The van der Waals surface area contributed by atoms with Crippen LogP contribution in [0.2, 0.25) is 0 Å². The molecule has 0 aliphatic heterocycles. The van der Waals surface area contributed by atoms with E-state index in [9.17, 15) is 0 Å². The topological polar surface area (TPSA) is 9.23 Å². The summed E-state index contributed by atoms with van der Waals surface area (Å²) in [4.78, 5) is 0. The van der Waals surface area contributed by atoms with Crippen LogP contribution >= 0.6 is 0 Å². The van der Waals surface area contributed by atoms with Crippen molar-refractivity contribution in [1.82, 2.24) is 0 Å². The smallest absolute Gasteiger partial charge is 0.126 e. The summed E-state index contributed by atoms with van der Waals surface area (Å²) >= 11 is 0. The van der Waals surface area contributed by atoms with E-state index < -0.39 is 0 Å². The molecule has 0 aromatic heterocycles. The van der Waals surface area contributed by atoms with Crippen molar-refractivity contribution in [2.24, 2.45) is 0 Å². The Morgan fingerprint density at radius 2 is 1.41 bits per heavy atom. The fraction of sp³-hybridized carbons (Fsp3) is 0.524. The lowest BCUT2D eigenvalue weighted by Crippen LogP contribution is -1.81. The first-order valence-corrected chi connectivity index (χ1v) is 8.97. The van der Waals surface area contributed by atoms with Crippen molar-refractivity contribution in [3.05, 3.63) is 54.8 Å². The van der Waals surface area contributed by atoms with Gasteiger partial charge in [-0.05, 0) is 31.1 Å². The molecule has 0 bridgehead atoms. The number of para-hydroxylation sites is 1. The van der Waals surface area contributed by atoms with Gasteiger partial charge < -0.3 is 4.74 Å². The molecule has 0 N–H and O–H groups in total. The maximum Gasteiger partial charge on any atom is 0.126 e. The minimum absolute atomic E-state index is 0.881. The number of unbranched alkanes of at least 4 members (excludes halogenated alkanes) is 9. The predicted octanol–water partition coefficient (Wildman–Crippen LogP) is 7.06. The molecule has 0 amide bonds. The normalized spacial score (nSPS) is 11.5.